The van der Waals surface area contributed by atoms with E-state index in [9.17, 15) is 0 Å². The Hall–Kier alpha value is -2.21. The van der Waals surface area contributed by atoms with Gasteiger partial charge in [0.25, 0.3) is 0 Å². The van der Waals surface area contributed by atoms with Gasteiger partial charge in [0.05, 0.1) is 0 Å². The van der Waals surface area contributed by atoms with Gasteiger partial charge in [0, 0.05) is 0 Å². The van der Waals surface area contributed by atoms with Crippen LogP contribution in [-0.4, -0.2) is 74.1 Å². The van der Waals surface area contributed by atoms with Crippen LogP contribution in [0.2, 0.25) is 0 Å². The van der Waals surface area contributed by atoms with E-state index in [4.69, 9.17) is 9.05 Å². The molecule has 2 nitrogen and oxygen atoms in total. The number of rotatable bonds is 8. The second-order valence-electron chi connectivity index (χ2n) is 9.76. The van der Waals surface area contributed by atoms with Crippen molar-refractivity contribution in [2.45, 2.75) is 0 Å². The van der Waals surface area contributed by atoms with Gasteiger partial charge in [-0.05, 0) is 0 Å². The molecule has 224 valence electrons. The second-order valence-corrected chi connectivity index (χ2v) is 31.4. The molecular weight excluding hydrogens is 823 g/mol. The first-order chi connectivity index (χ1) is 22.0. The summed E-state index contributed by atoms with van der Waals surface area (Å²) in [5.74, 6) is 0. The van der Waals surface area contributed by atoms with Crippen LogP contribution in [0.5, 0.6) is 0 Å². The average molecular weight is 859 g/mol. The molecule has 0 aliphatic rings. The van der Waals surface area contributed by atoms with Crippen LogP contribution in [-0.2, 0) is 9.05 Å². The van der Waals surface area contributed by atoms with E-state index in [0.29, 0.717) is 0 Å². The van der Waals surface area contributed by atoms with Crippen molar-refractivity contribution in [2.24, 2.45) is 0 Å². The molecule has 0 atom stereocenters. The maximum atomic E-state index is 4.86. The molecule has 4 radical (unpaired) electrons. The summed E-state index contributed by atoms with van der Waals surface area (Å²) in [7, 11) is 3.20. The Labute approximate surface area is 294 Å². The van der Waals surface area contributed by atoms with Gasteiger partial charge < -0.3 is 0 Å². The molecule has 0 aromatic heterocycles. The number of hydrogen-bond acceptors (Lipinski definition) is 2. The fourth-order valence-corrected chi connectivity index (χ4v) is 15.7. The summed E-state index contributed by atoms with van der Waals surface area (Å²) in [6.45, 7) is 0. The minimum absolute atomic E-state index is 1.50. The van der Waals surface area contributed by atoms with Gasteiger partial charge in [-0.3, -0.25) is 0 Å². The standard InChI is InChI=1S/2C18H15Ge.C2H6O2PSe2/c2*1-4-10-16(11-5-1)19(17-12-6-2-7-13-17)18-14-8-3-9-15-18;1-3-5(6,7)4-2/h2*1-15H;1-2H3/q;;+1. The van der Waals surface area contributed by atoms with Crippen molar-refractivity contribution < 1.29 is 9.05 Å². The molecule has 0 unspecified atom stereocenters. The zero-order chi connectivity index (χ0) is 31.7. The van der Waals surface area contributed by atoms with Crippen molar-refractivity contribution in [1.82, 2.24) is 0 Å². The van der Waals surface area contributed by atoms with Crippen LogP contribution in [0.15, 0.2) is 182 Å². The van der Waals surface area contributed by atoms with Crippen molar-refractivity contribution in [3.05, 3.63) is 182 Å². The Morgan fingerprint density at radius 1 is 0.333 bits per heavy atom. The fraction of sp³-hybridized carbons (Fsp3) is 0.0526. The van der Waals surface area contributed by atoms with Crippen LogP contribution < -0.4 is 26.4 Å². The van der Waals surface area contributed by atoms with E-state index in [0.717, 1.165) is 0 Å². The minimum atomic E-state index is -1.65. The van der Waals surface area contributed by atoms with Gasteiger partial charge >= 0.3 is 297 Å². The predicted octanol–water partition coefficient (Wildman–Crippen LogP) is 4.70. The van der Waals surface area contributed by atoms with Crippen LogP contribution >= 0.6 is 5.10 Å². The number of hydrogen-bond donors (Lipinski definition) is 0. The van der Waals surface area contributed by atoms with Gasteiger partial charge in [-0.2, -0.15) is 0 Å². The first-order valence-electron chi connectivity index (χ1n) is 14.5. The molecule has 0 bridgehead atoms. The van der Waals surface area contributed by atoms with Gasteiger partial charge in [-0.15, -0.1) is 0 Å². The zero-order valence-corrected chi connectivity index (χ0v) is 33.9. The van der Waals surface area contributed by atoms with E-state index in [1.54, 1.807) is 14.2 Å². The third-order valence-corrected chi connectivity index (χ3v) is 22.9. The molecule has 0 saturated carbocycles. The molecule has 0 aliphatic carbocycles. The van der Waals surface area contributed by atoms with Gasteiger partial charge in [0.15, 0.2) is 0 Å². The Morgan fingerprint density at radius 2 is 0.489 bits per heavy atom. The molecule has 0 N–H and O–H groups in total. The summed E-state index contributed by atoms with van der Waals surface area (Å²) in [5, 5.41) is -1.65. The monoisotopic (exact) mass is 863 g/mol. The summed E-state index contributed by atoms with van der Waals surface area (Å²) < 4.78 is 18.7. The summed E-state index contributed by atoms with van der Waals surface area (Å²) in [5.41, 5.74) is 0. The normalized spacial score (nSPS) is 10.8. The first kappa shape index (κ1) is 35.6. The molecule has 0 amide bonds. The quantitative estimate of drug-likeness (QED) is 0.164. The van der Waals surface area contributed by atoms with Gasteiger partial charge in [-0.25, -0.2) is 0 Å². The molecule has 6 aromatic rings. The summed E-state index contributed by atoms with van der Waals surface area (Å²) in [4.78, 5) is 0. The van der Waals surface area contributed by atoms with Crippen molar-refractivity contribution in [2.75, 3.05) is 14.2 Å². The van der Waals surface area contributed by atoms with Gasteiger partial charge in [0.2, 0.25) is 0 Å². The molecule has 0 heterocycles. The average Bonchev–Trinajstić information content (AvgIpc) is 3.12. The summed E-state index contributed by atoms with van der Waals surface area (Å²) in [6.07, 6.45) is 0. The van der Waals surface area contributed by atoms with E-state index in [-0.39, 0.29) is 0 Å². The van der Waals surface area contributed by atoms with Crippen molar-refractivity contribution in [3.63, 3.8) is 0 Å². The Morgan fingerprint density at radius 3 is 0.600 bits per heavy atom. The summed E-state index contributed by atoms with van der Waals surface area (Å²) >= 11 is 2.26. The van der Waals surface area contributed by atoms with Gasteiger partial charge in [-0.1, -0.05) is 0 Å². The van der Waals surface area contributed by atoms with E-state index < -0.39 is 33.8 Å². The molecule has 6 aromatic carbocycles. The van der Waals surface area contributed by atoms with Crippen LogP contribution in [0, 0.1) is 0 Å². The Bertz CT molecular complexity index is 1320. The topological polar surface area (TPSA) is 18.5 Å². The van der Waals surface area contributed by atoms with E-state index >= 15 is 0 Å². The van der Waals surface area contributed by atoms with Gasteiger partial charge in [0.1, 0.15) is 0 Å². The van der Waals surface area contributed by atoms with Crippen LogP contribution in [0.4, 0.5) is 0 Å². The maximum absolute atomic E-state index is 4.86. The molecule has 6 rings (SSSR count). The predicted molar refractivity (Wildman–Crippen MR) is 200 cm³/mol. The summed E-state index contributed by atoms with van der Waals surface area (Å²) in [6, 6.07) is 65.6. The molecule has 45 heavy (non-hydrogen) atoms. The Balaban J connectivity index is 0.000000170. The SMILES string of the molecule is CO[P+]([Se])([Se])OC.c1cc[c]([Ge]([c]2ccccc2)[c]2ccccc2)cc1.c1cc[c]([Ge]([c]2ccccc2)[c]2ccccc2)cc1. The third kappa shape index (κ3) is 11.5. The van der Waals surface area contributed by atoms with Crippen LogP contribution in [0.1, 0.15) is 0 Å². The van der Waals surface area contributed by atoms with E-state index in [2.05, 4.69) is 213 Å². The fourth-order valence-electron chi connectivity index (χ4n) is 4.70. The number of benzene rings is 6. The molecule has 0 aliphatic heterocycles. The zero-order valence-electron chi connectivity index (χ0n) is 25.4. The first-order valence-corrected chi connectivity index (χ1v) is 26.9. The molecular formula is C38H36Ge2O2PSe2+. The third-order valence-electron chi connectivity index (χ3n) is 6.82. The second kappa shape index (κ2) is 19.5. The van der Waals surface area contributed by atoms with Crippen LogP contribution in [0.3, 0.4) is 0 Å². The molecule has 0 spiro atoms. The van der Waals surface area contributed by atoms with Crippen LogP contribution in [0.25, 0.3) is 0 Å². The van der Waals surface area contributed by atoms with E-state index in [1.165, 1.54) is 26.4 Å². The van der Waals surface area contributed by atoms with E-state index in [1.807, 2.05) is 0 Å². The molecule has 0 fully saturated rings. The Kier molecular flexibility index (Phi) is 15.4. The molecule has 7 heteroatoms. The van der Waals surface area contributed by atoms with Crippen molar-refractivity contribution in [3.8, 4) is 0 Å². The van der Waals surface area contributed by atoms with Crippen molar-refractivity contribution in [1.29, 1.82) is 0 Å². The molecule has 0 saturated heterocycles. The van der Waals surface area contributed by atoms with Crippen molar-refractivity contribution >= 4 is 91.3 Å².